The molecule has 0 spiro atoms. The van der Waals surface area contributed by atoms with Gasteiger partial charge in [-0.05, 0) is 66.4 Å². The van der Waals surface area contributed by atoms with Crippen LogP contribution in [0.1, 0.15) is 61.3 Å². The molecule has 0 aromatic rings. The van der Waals surface area contributed by atoms with Gasteiger partial charge in [-0.15, -0.1) is 0 Å². The summed E-state index contributed by atoms with van der Waals surface area (Å²) in [5.41, 5.74) is 0.877. The van der Waals surface area contributed by atoms with Crippen molar-refractivity contribution in [3.8, 4) is 0 Å². The number of rotatable bonds is 0. The number of piperidine rings is 1. The molecule has 1 aliphatic carbocycles. The van der Waals surface area contributed by atoms with Crippen molar-refractivity contribution < 1.29 is 0 Å². The van der Waals surface area contributed by atoms with Gasteiger partial charge in [-0.3, -0.25) is 0 Å². The molecule has 19 heavy (non-hydrogen) atoms. The van der Waals surface area contributed by atoms with Gasteiger partial charge < -0.3 is 5.32 Å². The zero-order valence-electron chi connectivity index (χ0n) is 14.2. The fourth-order valence-corrected chi connectivity index (χ4v) is 5.23. The average Bonchev–Trinajstić information content (AvgIpc) is 2.26. The summed E-state index contributed by atoms with van der Waals surface area (Å²) >= 11 is 0. The largest absolute Gasteiger partial charge is 0.316 e. The predicted octanol–water partition coefficient (Wildman–Crippen LogP) is 4.58. The summed E-state index contributed by atoms with van der Waals surface area (Å²) in [6.07, 6.45) is 2.86. The first-order valence-electron chi connectivity index (χ1n) is 8.33. The van der Waals surface area contributed by atoms with Crippen molar-refractivity contribution in [2.45, 2.75) is 61.3 Å². The highest BCUT2D eigenvalue weighted by molar-refractivity contribution is 4.99. The summed E-state index contributed by atoms with van der Waals surface area (Å²) in [5.74, 6) is 4.47. The van der Waals surface area contributed by atoms with Gasteiger partial charge in [-0.2, -0.15) is 0 Å². The van der Waals surface area contributed by atoms with Crippen LogP contribution < -0.4 is 5.32 Å². The van der Waals surface area contributed by atoms with Gasteiger partial charge in [-0.25, -0.2) is 0 Å². The van der Waals surface area contributed by atoms with E-state index in [1.54, 1.807) is 0 Å². The summed E-state index contributed by atoms with van der Waals surface area (Å²) in [5, 5.41) is 3.64. The standard InChI is InChI=1S/C18H35N/c1-12-14-11-19-9-8-13(14)10-15(17(2,3)4)16(12)18(5,6)7/h12-16,19H,8-11H2,1-7H3. The van der Waals surface area contributed by atoms with E-state index in [0.29, 0.717) is 10.8 Å². The Labute approximate surface area is 120 Å². The maximum atomic E-state index is 3.64. The SMILES string of the molecule is CC1C2CNCCC2CC(C(C)(C)C)C1C(C)(C)C. The summed E-state index contributed by atoms with van der Waals surface area (Å²) in [6, 6.07) is 0. The van der Waals surface area contributed by atoms with Gasteiger partial charge in [0.05, 0.1) is 0 Å². The molecule has 0 bridgehead atoms. The van der Waals surface area contributed by atoms with Gasteiger partial charge in [0.2, 0.25) is 0 Å². The minimum atomic E-state index is 0.430. The van der Waals surface area contributed by atoms with Crippen molar-refractivity contribution in [1.29, 1.82) is 0 Å². The molecule has 112 valence electrons. The van der Waals surface area contributed by atoms with E-state index < -0.39 is 0 Å². The molecule has 1 nitrogen and oxygen atoms in total. The molecule has 0 amide bonds. The maximum absolute atomic E-state index is 3.64. The molecule has 1 aliphatic heterocycles. The lowest BCUT2D eigenvalue weighted by atomic mass is 9.50. The molecule has 5 atom stereocenters. The maximum Gasteiger partial charge on any atom is -0.00152 e. The molecule has 1 heteroatoms. The van der Waals surface area contributed by atoms with E-state index >= 15 is 0 Å². The fraction of sp³-hybridized carbons (Fsp3) is 1.00. The molecule has 1 N–H and O–H groups in total. The summed E-state index contributed by atoms with van der Waals surface area (Å²) in [6.45, 7) is 19.8. The van der Waals surface area contributed by atoms with E-state index in [0.717, 1.165) is 29.6 Å². The Morgan fingerprint density at radius 2 is 1.58 bits per heavy atom. The Bertz CT molecular complexity index is 307. The lowest BCUT2D eigenvalue weighted by Crippen LogP contribution is -2.53. The van der Waals surface area contributed by atoms with Crippen molar-refractivity contribution in [1.82, 2.24) is 5.32 Å². The minimum absolute atomic E-state index is 0.430. The second kappa shape index (κ2) is 5.06. The van der Waals surface area contributed by atoms with Crippen LogP contribution in [0.15, 0.2) is 0 Å². The first-order chi connectivity index (χ1) is 8.62. The van der Waals surface area contributed by atoms with Crippen molar-refractivity contribution in [3.63, 3.8) is 0 Å². The van der Waals surface area contributed by atoms with E-state index in [4.69, 9.17) is 0 Å². The van der Waals surface area contributed by atoms with Crippen LogP contribution >= 0.6 is 0 Å². The molecular formula is C18H35N. The van der Waals surface area contributed by atoms with Crippen LogP contribution in [0.3, 0.4) is 0 Å². The van der Waals surface area contributed by atoms with Crippen LogP contribution in [0.2, 0.25) is 0 Å². The molecule has 5 unspecified atom stereocenters. The first-order valence-corrected chi connectivity index (χ1v) is 8.33. The zero-order chi connectivity index (χ0) is 14.4. The topological polar surface area (TPSA) is 12.0 Å². The predicted molar refractivity (Wildman–Crippen MR) is 84.1 cm³/mol. The van der Waals surface area contributed by atoms with E-state index in [1.165, 1.54) is 25.9 Å². The third kappa shape index (κ3) is 3.01. The minimum Gasteiger partial charge on any atom is -0.316 e. The lowest BCUT2D eigenvalue weighted by molar-refractivity contribution is -0.0685. The van der Waals surface area contributed by atoms with Gasteiger partial charge in [0, 0.05) is 0 Å². The normalized spacial score (nSPS) is 40.9. The van der Waals surface area contributed by atoms with Crippen LogP contribution in [0, 0.1) is 40.4 Å². The Balaban J connectivity index is 2.31. The molecular weight excluding hydrogens is 230 g/mol. The Hall–Kier alpha value is -0.0400. The molecule has 2 aliphatic rings. The summed E-state index contributed by atoms with van der Waals surface area (Å²) < 4.78 is 0. The summed E-state index contributed by atoms with van der Waals surface area (Å²) in [4.78, 5) is 0. The van der Waals surface area contributed by atoms with Gasteiger partial charge in [0.25, 0.3) is 0 Å². The average molecular weight is 265 g/mol. The molecule has 1 saturated carbocycles. The second-order valence-electron chi connectivity index (χ2n) is 9.38. The third-order valence-electron chi connectivity index (χ3n) is 6.02. The Morgan fingerprint density at radius 3 is 2.11 bits per heavy atom. The van der Waals surface area contributed by atoms with Crippen LogP contribution in [-0.2, 0) is 0 Å². The van der Waals surface area contributed by atoms with Crippen molar-refractivity contribution in [2.24, 2.45) is 40.4 Å². The van der Waals surface area contributed by atoms with Crippen LogP contribution in [0.4, 0.5) is 0 Å². The molecule has 1 saturated heterocycles. The number of hydrogen-bond donors (Lipinski definition) is 1. The molecule has 2 fully saturated rings. The smallest absolute Gasteiger partial charge is 0.00152 e. The summed E-state index contributed by atoms with van der Waals surface area (Å²) in [7, 11) is 0. The monoisotopic (exact) mass is 265 g/mol. The van der Waals surface area contributed by atoms with Gasteiger partial charge in [-0.1, -0.05) is 48.5 Å². The fourth-order valence-electron chi connectivity index (χ4n) is 5.23. The Morgan fingerprint density at radius 1 is 0.947 bits per heavy atom. The number of nitrogens with one attached hydrogen (secondary N) is 1. The Kier molecular flexibility index (Phi) is 4.09. The zero-order valence-corrected chi connectivity index (χ0v) is 14.2. The highest BCUT2D eigenvalue weighted by Crippen LogP contribution is 2.55. The van der Waals surface area contributed by atoms with Crippen molar-refractivity contribution in [3.05, 3.63) is 0 Å². The number of fused-ring (bicyclic) bond motifs is 1. The van der Waals surface area contributed by atoms with Crippen LogP contribution in [-0.4, -0.2) is 13.1 Å². The van der Waals surface area contributed by atoms with E-state index in [1.807, 2.05) is 0 Å². The molecule has 1 heterocycles. The van der Waals surface area contributed by atoms with Gasteiger partial charge >= 0.3 is 0 Å². The molecule has 0 aromatic carbocycles. The number of hydrogen-bond acceptors (Lipinski definition) is 1. The van der Waals surface area contributed by atoms with Crippen LogP contribution in [0.5, 0.6) is 0 Å². The highest BCUT2D eigenvalue weighted by Gasteiger charge is 2.50. The second-order valence-corrected chi connectivity index (χ2v) is 9.38. The molecule has 0 radical (unpaired) electrons. The quantitative estimate of drug-likeness (QED) is 0.676. The third-order valence-corrected chi connectivity index (χ3v) is 6.02. The van der Waals surface area contributed by atoms with Crippen molar-refractivity contribution in [2.75, 3.05) is 13.1 Å². The van der Waals surface area contributed by atoms with Crippen LogP contribution in [0.25, 0.3) is 0 Å². The highest BCUT2D eigenvalue weighted by atomic mass is 14.9. The van der Waals surface area contributed by atoms with E-state index in [9.17, 15) is 0 Å². The molecule has 2 rings (SSSR count). The van der Waals surface area contributed by atoms with E-state index in [2.05, 4.69) is 53.8 Å². The molecule has 0 aromatic heterocycles. The van der Waals surface area contributed by atoms with Gasteiger partial charge in [0.15, 0.2) is 0 Å². The lowest BCUT2D eigenvalue weighted by Gasteiger charge is -2.56. The van der Waals surface area contributed by atoms with Crippen molar-refractivity contribution >= 4 is 0 Å². The first kappa shape index (κ1) is 15.4. The van der Waals surface area contributed by atoms with E-state index in [-0.39, 0.29) is 0 Å². The van der Waals surface area contributed by atoms with Gasteiger partial charge in [0.1, 0.15) is 0 Å².